The molecule has 5 rings (SSSR count). The van der Waals surface area contributed by atoms with Gasteiger partial charge in [-0.15, -0.1) is 0 Å². The van der Waals surface area contributed by atoms with Gasteiger partial charge in [0.25, 0.3) is 5.91 Å². The van der Waals surface area contributed by atoms with E-state index in [2.05, 4.69) is 20.9 Å². The molecule has 0 saturated carbocycles. The second-order valence-corrected chi connectivity index (χ2v) is 10.7. The number of nitrogens with zero attached hydrogens (tertiary/aromatic N) is 1. The number of para-hydroxylation sites is 1. The Morgan fingerprint density at radius 1 is 0.977 bits per heavy atom. The van der Waals surface area contributed by atoms with Crippen LogP contribution in [0.5, 0.6) is 0 Å². The number of hydrogen-bond acceptors (Lipinski definition) is 4. The van der Waals surface area contributed by atoms with Crippen LogP contribution in [0.1, 0.15) is 46.4 Å². The lowest BCUT2D eigenvalue weighted by molar-refractivity contribution is -0.136. The van der Waals surface area contributed by atoms with Crippen LogP contribution in [-0.4, -0.2) is 59.2 Å². The number of benzene rings is 3. The molecule has 4 aromatic rings. The Bertz CT molecular complexity index is 1640. The molecule has 0 radical (unpaired) electrons. The first-order valence-electron chi connectivity index (χ1n) is 14.3. The molecule has 0 aliphatic carbocycles. The number of aromatic nitrogens is 1. The number of rotatable bonds is 3. The van der Waals surface area contributed by atoms with E-state index in [1.807, 2.05) is 54.6 Å². The van der Waals surface area contributed by atoms with E-state index < -0.39 is 29.7 Å². The van der Waals surface area contributed by atoms with E-state index in [0.717, 1.165) is 27.6 Å². The van der Waals surface area contributed by atoms with Crippen LogP contribution in [0, 0.1) is 5.82 Å². The molecule has 0 spiro atoms. The molecule has 43 heavy (non-hydrogen) atoms. The monoisotopic (exact) mass is 583 g/mol. The minimum absolute atomic E-state index is 0.0143. The molecule has 4 N–H and O–H groups in total. The van der Waals surface area contributed by atoms with Gasteiger partial charge < -0.3 is 25.8 Å². The molecule has 2 atom stereocenters. The van der Waals surface area contributed by atoms with Crippen molar-refractivity contribution >= 4 is 34.5 Å². The third-order valence-electron chi connectivity index (χ3n) is 7.61. The van der Waals surface area contributed by atoms with Crippen molar-refractivity contribution in [1.82, 2.24) is 25.8 Å². The summed E-state index contributed by atoms with van der Waals surface area (Å²) in [6, 6.07) is 19.4. The zero-order chi connectivity index (χ0) is 30.3. The first kappa shape index (κ1) is 29.5. The number of carbonyl (C=O) groups excluding carboxylic acids is 4. The predicted octanol–water partition coefficient (Wildman–Crippen LogP) is 3.42. The van der Waals surface area contributed by atoms with E-state index >= 15 is 0 Å². The number of halogens is 1. The molecule has 9 nitrogen and oxygen atoms in total. The van der Waals surface area contributed by atoms with Crippen molar-refractivity contribution in [3.63, 3.8) is 0 Å². The third kappa shape index (κ3) is 7.27. The summed E-state index contributed by atoms with van der Waals surface area (Å²) in [6.45, 7) is 1.66. The Morgan fingerprint density at radius 3 is 2.56 bits per heavy atom. The van der Waals surface area contributed by atoms with Crippen LogP contribution in [0.15, 0.2) is 79.0 Å². The van der Waals surface area contributed by atoms with Gasteiger partial charge in [0.15, 0.2) is 0 Å². The fourth-order valence-corrected chi connectivity index (χ4v) is 5.24. The van der Waals surface area contributed by atoms with Gasteiger partial charge in [-0.2, -0.15) is 0 Å². The smallest absolute Gasteiger partial charge is 0.254 e. The van der Waals surface area contributed by atoms with Gasteiger partial charge in [-0.3, -0.25) is 19.2 Å². The molecule has 2 bridgehead atoms. The Labute approximate surface area is 248 Å². The maximum atomic E-state index is 14.5. The van der Waals surface area contributed by atoms with Gasteiger partial charge in [-0.25, -0.2) is 4.39 Å². The van der Waals surface area contributed by atoms with E-state index in [4.69, 9.17) is 0 Å². The number of nitrogens with one attached hydrogen (secondary N) is 4. The summed E-state index contributed by atoms with van der Waals surface area (Å²) in [5.41, 5.74) is 3.00. The largest absolute Gasteiger partial charge is 0.361 e. The van der Waals surface area contributed by atoms with Crippen LogP contribution < -0.4 is 16.0 Å². The van der Waals surface area contributed by atoms with Gasteiger partial charge in [-0.1, -0.05) is 54.6 Å². The summed E-state index contributed by atoms with van der Waals surface area (Å²) in [5, 5.41) is 9.31. The van der Waals surface area contributed by atoms with Crippen LogP contribution in [0.4, 0.5) is 4.39 Å². The summed E-state index contributed by atoms with van der Waals surface area (Å²) in [5.74, 6) is -2.52. The van der Waals surface area contributed by atoms with Crippen LogP contribution in [0.25, 0.3) is 10.9 Å². The fourth-order valence-electron chi connectivity index (χ4n) is 5.24. The van der Waals surface area contributed by atoms with Crippen LogP contribution in [-0.2, 0) is 27.2 Å². The highest BCUT2D eigenvalue weighted by atomic mass is 19.1. The summed E-state index contributed by atoms with van der Waals surface area (Å²) < 4.78 is 14.5. The highest BCUT2D eigenvalue weighted by molar-refractivity contribution is 5.98. The first-order chi connectivity index (χ1) is 20.8. The number of fused-ring (bicyclic) bond motifs is 3. The minimum atomic E-state index is -1.00. The van der Waals surface area contributed by atoms with Crippen molar-refractivity contribution in [3.05, 3.63) is 107 Å². The molecule has 0 saturated heterocycles. The highest BCUT2D eigenvalue weighted by Gasteiger charge is 2.27. The quantitative estimate of drug-likeness (QED) is 0.295. The number of amides is 4. The zero-order valence-electron chi connectivity index (χ0n) is 23.9. The highest BCUT2D eigenvalue weighted by Crippen LogP contribution is 2.21. The number of H-pyrrole nitrogens is 1. The number of aryl methyl sites for hydroxylation is 1. The second kappa shape index (κ2) is 13.3. The molecule has 1 aromatic heterocycles. The molecule has 4 amide bonds. The Hall–Kier alpha value is -4.99. The standard InChI is InChI=1S/C33H34FN5O4/c1-21-32(42)38-29(23-9-3-2-4-10-23)19-39(31(41)17-24-18-36-28-12-6-5-11-25(24)28)20-30(40)35-15-7-8-22-13-14-27(34)26(16-22)33(43)37-21/h2-6,9-14,16,18,21,29,36H,7-8,15,17,19-20H2,1H3,(H,35,40)(H,37,43)(H,38,42)/t21-,29-/m1/s1. The van der Waals surface area contributed by atoms with Crippen LogP contribution >= 0.6 is 0 Å². The number of carbonyl (C=O) groups is 4. The average molecular weight is 584 g/mol. The van der Waals surface area contributed by atoms with Crippen molar-refractivity contribution in [2.24, 2.45) is 0 Å². The Kier molecular flexibility index (Phi) is 9.14. The SMILES string of the molecule is C[C@H]1NC(=O)c2cc(ccc2F)CCCNC(=O)CN(C(=O)Cc2c[nH]c3ccccc23)C[C@H](c2ccccc2)NC1=O. The lowest BCUT2D eigenvalue weighted by Crippen LogP contribution is -2.50. The molecule has 222 valence electrons. The van der Waals surface area contributed by atoms with Crippen molar-refractivity contribution < 1.29 is 23.6 Å². The molecule has 1 aliphatic heterocycles. The summed E-state index contributed by atoms with van der Waals surface area (Å²) in [6.07, 6.45) is 2.89. The summed E-state index contributed by atoms with van der Waals surface area (Å²) in [7, 11) is 0. The molecule has 10 heteroatoms. The van der Waals surface area contributed by atoms with E-state index in [1.54, 1.807) is 12.3 Å². The number of hydrogen-bond donors (Lipinski definition) is 4. The van der Waals surface area contributed by atoms with Gasteiger partial charge in [0.2, 0.25) is 17.7 Å². The van der Waals surface area contributed by atoms with Gasteiger partial charge in [0.05, 0.1) is 24.6 Å². The van der Waals surface area contributed by atoms with E-state index in [-0.39, 0.29) is 36.9 Å². The lowest BCUT2D eigenvalue weighted by Gasteiger charge is -2.29. The maximum Gasteiger partial charge on any atom is 0.254 e. The van der Waals surface area contributed by atoms with E-state index in [1.165, 1.54) is 24.0 Å². The molecule has 1 aliphatic rings. The molecule has 3 aromatic carbocycles. The number of aromatic amines is 1. The van der Waals surface area contributed by atoms with Crippen molar-refractivity contribution in [3.8, 4) is 0 Å². The molecule has 2 heterocycles. The lowest BCUT2D eigenvalue weighted by atomic mass is 10.0. The van der Waals surface area contributed by atoms with Gasteiger partial charge in [0.1, 0.15) is 11.9 Å². The van der Waals surface area contributed by atoms with Gasteiger partial charge in [-0.05, 0) is 54.7 Å². The summed E-state index contributed by atoms with van der Waals surface area (Å²) >= 11 is 0. The zero-order valence-corrected chi connectivity index (χ0v) is 23.9. The second-order valence-electron chi connectivity index (χ2n) is 10.7. The minimum Gasteiger partial charge on any atom is -0.361 e. The van der Waals surface area contributed by atoms with Crippen LogP contribution in [0.3, 0.4) is 0 Å². The van der Waals surface area contributed by atoms with Crippen molar-refractivity contribution in [1.29, 1.82) is 0 Å². The molecule has 0 fully saturated rings. The first-order valence-corrected chi connectivity index (χ1v) is 14.3. The van der Waals surface area contributed by atoms with Crippen LogP contribution in [0.2, 0.25) is 0 Å². The van der Waals surface area contributed by atoms with Crippen molar-refractivity contribution in [2.45, 2.75) is 38.3 Å². The summed E-state index contributed by atoms with van der Waals surface area (Å²) in [4.78, 5) is 57.8. The topological polar surface area (TPSA) is 123 Å². The van der Waals surface area contributed by atoms with Gasteiger partial charge in [0, 0.05) is 30.2 Å². The Morgan fingerprint density at radius 2 is 1.74 bits per heavy atom. The molecular weight excluding hydrogens is 549 g/mol. The molecule has 0 unspecified atom stereocenters. The normalized spacial score (nSPS) is 18.8. The predicted molar refractivity (Wildman–Crippen MR) is 161 cm³/mol. The van der Waals surface area contributed by atoms with Crippen molar-refractivity contribution in [2.75, 3.05) is 19.6 Å². The average Bonchev–Trinajstić information content (AvgIpc) is 3.41. The van der Waals surface area contributed by atoms with E-state index in [0.29, 0.717) is 19.4 Å². The Balaban J connectivity index is 1.44. The van der Waals surface area contributed by atoms with E-state index in [9.17, 15) is 23.6 Å². The maximum absolute atomic E-state index is 14.5. The van der Waals surface area contributed by atoms with Gasteiger partial charge >= 0.3 is 0 Å². The molecular formula is C33H34FN5O4. The third-order valence-corrected chi connectivity index (χ3v) is 7.61. The fraction of sp³-hybridized carbons (Fsp3) is 0.273.